The van der Waals surface area contributed by atoms with Gasteiger partial charge in [-0.15, -0.1) is 0 Å². The highest BCUT2D eigenvalue weighted by Crippen LogP contribution is 2.28. The molecule has 2 aromatic rings. The van der Waals surface area contributed by atoms with Gasteiger partial charge in [0.1, 0.15) is 0 Å². The summed E-state index contributed by atoms with van der Waals surface area (Å²) in [7, 11) is 0. The number of amides is 1. The van der Waals surface area contributed by atoms with Crippen molar-refractivity contribution in [2.75, 3.05) is 24.5 Å². The van der Waals surface area contributed by atoms with E-state index in [0.717, 1.165) is 37.3 Å². The maximum atomic E-state index is 12.5. The van der Waals surface area contributed by atoms with Crippen LogP contribution in [0.15, 0.2) is 35.3 Å². The molecule has 142 valence electrons. The van der Waals surface area contributed by atoms with Crippen LogP contribution in [-0.4, -0.2) is 45.4 Å². The van der Waals surface area contributed by atoms with Crippen LogP contribution in [0.2, 0.25) is 0 Å². The van der Waals surface area contributed by atoms with Crippen molar-refractivity contribution in [3.05, 3.63) is 52.2 Å². The standard InChI is InChI=1S/C20H25N5O2/c26-18-12-17(22-20(23-18)24-9-5-1-2-6-10-24)15-11-19(27)25(13-15)14-16-7-3-4-8-21-16/h3-4,7-8,12,15H,1-2,5-6,9-11,13-14H2,(H,22,23,26). The van der Waals surface area contributed by atoms with Crippen LogP contribution in [0.4, 0.5) is 5.95 Å². The minimum absolute atomic E-state index is 0.0470. The molecule has 7 heteroatoms. The number of aromatic nitrogens is 3. The van der Waals surface area contributed by atoms with E-state index >= 15 is 0 Å². The summed E-state index contributed by atoms with van der Waals surface area (Å²) in [5, 5.41) is 0. The highest BCUT2D eigenvalue weighted by atomic mass is 16.2. The van der Waals surface area contributed by atoms with Gasteiger partial charge < -0.3 is 9.80 Å². The van der Waals surface area contributed by atoms with Gasteiger partial charge in [0.25, 0.3) is 5.56 Å². The molecule has 0 aliphatic carbocycles. The number of H-pyrrole nitrogens is 1. The van der Waals surface area contributed by atoms with E-state index in [0.29, 0.717) is 25.5 Å². The first kappa shape index (κ1) is 17.7. The summed E-state index contributed by atoms with van der Waals surface area (Å²) in [5.41, 5.74) is 1.44. The van der Waals surface area contributed by atoms with Gasteiger partial charge >= 0.3 is 0 Å². The van der Waals surface area contributed by atoms with Gasteiger partial charge in [0.2, 0.25) is 11.9 Å². The number of carbonyl (C=O) groups excluding carboxylic acids is 1. The summed E-state index contributed by atoms with van der Waals surface area (Å²) in [6, 6.07) is 7.25. The smallest absolute Gasteiger partial charge is 0.252 e. The van der Waals surface area contributed by atoms with Crippen molar-refractivity contribution in [2.24, 2.45) is 0 Å². The van der Waals surface area contributed by atoms with E-state index in [9.17, 15) is 9.59 Å². The largest absolute Gasteiger partial charge is 0.342 e. The van der Waals surface area contributed by atoms with E-state index in [1.54, 1.807) is 12.3 Å². The number of pyridine rings is 1. The minimum atomic E-state index is -0.144. The number of rotatable bonds is 4. The first-order valence-electron chi connectivity index (χ1n) is 9.73. The van der Waals surface area contributed by atoms with E-state index in [4.69, 9.17) is 4.98 Å². The predicted molar refractivity (Wildman–Crippen MR) is 103 cm³/mol. The zero-order valence-electron chi connectivity index (χ0n) is 15.4. The third kappa shape index (κ3) is 4.18. The summed E-state index contributed by atoms with van der Waals surface area (Å²) in [6.07, 6.45) is 6.81. The Bertz CT molecular complexity index is 843. The Morgan fingerprint density at radius 3 is 2.67 bits per heavy atom. The Labute approximate surface area is 158 Å². The van der Waals surface area contributed by atoms with E-state index < -0.39 is 0 Å². The number of aromatic amines is 1. The van der Waals surface area contributed by atoms with E-state index in [-0.39, 0.29) is 17.4 Å². The lowest BCUT2D eigenvalue weighted by Crippen LogP contribution is -2.29. The Morgan fingerprint density at radius 1 is 1.11 bits per heavy atom. The van der Waals surface area contributed by atoms with Crippen molar-refractivity contribution in [1.29, 1.82) is 0 Å². The van der Waals surface area contributed by atoms with Crippen LogP contribution in [0.5, 0.6) is 0 Å². The van der Waals surface area contributed by atoms with Crippen LogP contribution in [-0.2, 0) is 11.3 Å². The molecule has 2 aromatic heterocycles. The number of hydrogen-bond acceptors (Lipinski definition) is 5. The molecule has 0 bridgehead atoms. The van der Waals surface area contributed by atoms with Gasteiger partial charge in [0.05, 0.1) is 17.9 Å². The topological polar surface area (TPSA) is 82.2 Å². The van der Waals surface area contributed by atoms with Gasteiger partial charge in [0.15, 0.2) is 0 Å². The average molecular weight is 367 g/mol. The lowest BCUT2D eigenvalue weighted by atomic mass is 10.0. The van der Waals surface area contributed by atoms with E-state index in [1.165, 1.54) is 12.8 Å². The van der Waals surface area contributed by atoms with Gasteiger partial charge in [-0.25, -0.2) is 4.98 Å². The number of anilines is 1. The molecule has 0 spiro atoms. The van der Waals surface area contributed by atoms with Gasteiger partial charge in [-0.3, -0.25) is 19.6 Å². The summed E-state index contributed by atoms with van der Waals surface area (Å²) >= 11 is 0. The summed E-state index contributed by atoms with van der Waals surface area (Å²) in [6.45, 7) is 2.91. The molecule has 4 heterocycles. The van der Waals surface area contributed by atoms with Crippen molar-refractivity contribution in [2.45, 2.75) is 44.6 Å². The van der Waals surface area contributed by atoms with Gasteiger partial charge in [-0.2, -0.15) is 0 Å². The predicted octanol–water partition coefficient (Wildman–Crippen LogP) is 2.06. The maximum absolute atomic E-state index is 12.5. The normalized spacial score (nSPS) is 20.7. The number of hydrogen-bond donors (Lipinski definition) is 1. The van der Waals surface area contributed by atoms with Crippen LogP contribution < -0.4 is 10.5 Å². The van der Waals surface area contributed by atoms with E-state index in [1.807, 2.05) is 23.1 Å². The molecule has 27 heavy (non-hydrogen) atoms. The van der Waals surface area contributed by atoms with Gasteiger partial charge in [-0.1, -0.05) is 18.9 Å². The number of likely N-dealkylation sites (tertiary alicyclic amines) is 1. The average Bonchev–Trinajstić information content (AvgIpc) is 2.87. The third-order valence-electron chi connectivity index (χ3n) is 5.37. The van der Waals surface area contributed by atoms with Crippen molar-refractivity contribution in [1.82, 2.24) is 19.9 Å². The number of nitrogens with one attached hydrogen (secondary N) is 1. The molecule has 4 rings (SSSR count). The van der Waals surface area contributed by atoms with Crippen LogP contribution >= 0.6 is 0 Å². The fourth-order valence-electron chi connectivity index (χ4n) is 3.91. The minimum Gasteiger partial charge on any atom is -0.342 e. The SMILES string of the molecule is O=C1CC(c2cc(=O)[nH]c(N3CCCCCC3)n2)CN1Cc1ccccn1. The molecule has 2 saturated heterocycles. The number of carbonyl (C=O) groups is 1. The summed E-state index contributed by atoms with van der Waals surface area (Å²) < 4.78 is 0. The first-order valence-corrected chi connectivity index (χ1v) is 9.73. The van der Waals surface area contributed by atoms with Crippen molar-refractivity contribution >= 4 is 11.9 Å². The second kappa shape index (κ2) is 7.90. The zero-order chi connectivity index (χ0) is 18.6. The molecule has 2 fully saturated rings. The molecule has 1 N–H and O–H groups in total. The monoisotopic (exact) mass is 367 g/mol. The molecule has 1 amide bonds. The molecule has 7 nitrogen and oxygen atoms in total. The highest BCUT2D eigenvalue weighted by Gasteiger charge is 2.32. The van der Waals surface area contributed by atoms with E-state index in [2.05, 4.69) is 14.9 Å². The second-order valence-electron chi connectivity index (χ2n) is 7.39. The quantitative estimate of drug-likeness (QED) is 0.894. The summed E-state index contributed by atoms with van der Waals surface area (Å²) in [5.74, 6) is 0.688. The number of nitrogens with zero attached hydrogens (tertiary/aromatic N) is 4. The molecular formula is C20H25N5O2. The van der Waals surface area contributed by atoms with Gasteiger partial charge in [0, 0.05) is 44.2 Å². The van der Waals surface area contributed by atoms with Crippen LogP contribution in [0.25, 0.3) is 0 Å². The van der Waals surface area contributed by atoms with Crippen molar-refractivity contribution in [3.63, 3.8) is 0 Å². The van der Waals surface area contributed by atoms with Crippen molar-refractivity contribution in [3.8, 4) is 0 Å². The Balaban J connectivity index is 1.51. The molecule has 1 atom stereocenters. The Morgan fingerprint density at radius 2 is 1.93 bits per heavy atom. The lowest BCUT2D eigenvalue weighted by molar-refractivity contribution is -0.128. The fourth-order valence-corrected chi connectivity index (χ4v) is 3.91. The third-order valence-corrected chi connectivity index (χ3v) is 5.37. The molecule has 1 unspecified atom stereocenters. The fraction of sp³-hybridized carbons (Fsp3) is 0.500. The molecule has 0 saturated carbocycles. The highest BCUT2D eigenvalue weighted by molar-refractivity contribution is 5.79. The molecule has 0 radical (unpaired) electrons. The van der Waals surface area contributed by atoms with Crippen LogP contribution in [0, 0.1) is 0 Å². The van der Waals surface area contributed by atoms with Gasteiger partial charge in [-0.05, 0) is 25.0 Å². The first-order chi connectivity index (χ1) is 13.2. The summed E-state index contributed by atoms with van der Waals surface area (Å²) in [4.78, 5) is 40.6. The molecule has 0 aromatic carbocycles. The molecule has 2 aliphatic rings. The zero-order valence-corrected chi connectivity index (χ0v) is 15.4. The Hall–Kier alpha value is -2.70. The van der Waals surface area contributed by atoms with Crippen molar-refractivity contribution < 1.29 is 4.79 Å². The molecular weight excluding hydrogens is 342 g/mol. The maximum Gasteiger partial charge on any atom is 0.252 e. The van der Waals surface area contributed by atoms with Crippen LogP contribution in [0.3, 0.4) is 0 Å². The Kier molecular flexibility index (Phi) is 5.18. The molecule has 2 aliphatic heterocycles. The second-order valence-corrected chi connectivity index (χ2v) is 7.39. The lowest BCUT2D eigenvalue weighted by Gasteiger charge is -2.22. The van der Waals surface area contributed by atoms with Crippen LogP contribution in [0.1, 0.15) is 49.4 Å².